The minimum absolute atomic E-state index is 0.202. The number of fused-ring (bicyclic) bond motifs is 3. The number of amides is 1. The van der Waals surface area contributed by atoms with Crippen molar-refractivity contribution in [3.63, 3.8) is 0 Å². The lowest BCUT2D eigenvalue weighted by molar-refractivity contribution is 0.0797. The lowest BCUT2D eigenvalue weighted by Gasteiger charge is -2.10. The largest absolute Gasteiger partial charge is 0.354 e. The molecule has 4 nitrogen and oxygen atoms in total. The second-order valence-corrected chi connectivity index (χ2v) is 4.31. The van der Waals surface area contributed by atoms with Crippen LogP contribution in [0.1, 0.15) is 10.4 Å². The average molecular weight is 239 g/mol. The van der Waals surface area contributed by atoms with Gasteiger partial charge in [0.2, 0.25) is 0 Å². The summed E-state index contributed by atoms with van der Waals surface area (Å²) < 4.78 is 0. The van der Waals surface area contributed by atoms with Crippen molar-refractivity contribution in [2.75, 3.05) is 7.05 Å². The Hall–Kier alpha value is -2.33. The van der Waals surface area contributed by atoms with Gasteiger partial charge in [-0.05, 0) is 12.1 Å². The molecule has 0 atom stereocenters. The number of carbonyl (C=O) groups excluding carboxylic acids is 1. The zero-order chi connectivity index (χ0) is 12.7. The summed E-state index contributed by atoms with van der Waals surface area (Å²) in [5.74, 6) is 5.32. The Bertz CT molecular complexity index is 743. The summed E-state index contributed by atoms with van der Waals surface area (Å²) in [6.45, 7) is 0. The van der Waals surface area contributed by atoms with E-state index in [9.17, 15) is 4.79 Å². The van der Waals surface area contributed by atoms with Crippen molar-refractivity contribution in [1.82, 2.24) is 9.99 Å². The number of rotatable bonds is 1. The van der Waals surface area contributed by atoms with Crippen molar-refractivity contribution in [2.45, 2.75) is 0 Å². The average Bonchev–Trinajstić information content (AvgIpc) is 2.76. The van der Waals surface area contributed by atoms with Gasteiger partial charge in [0.15, 0.2) is 0 Å². The Morgan fingerprint density at radius 1 is 1.11 bits per heavy atom. The summed E-state index contributed by atoms with van der Waals surface area (Å²) in [5, 5.41) is 3.25. The lowest BCUT2D eigenvalue weighted by Crippen LogP contribution is -2.33. The quantitative estimate of drug-likeness (QED) is 0.389. The van der Waals surface area contributed by atoms with E-state index in [1.165, 1.54) is 0 Å². The maximum atomic E-state index is 12.0. The number of hydrazine groups is 1. The van der Waals surface area contributed by atoms with E-state index >= 15 is 0 Å². The number of benzene rings is 2. The highest BCUT2D eigenvalue weighted by molar-refractivity contribution is 6.14. The maximum Gasteiger partial charge on any atom is 0.269 e. The van der Waals surface area contributed by atoms with Gasteiger partial charge in [-0.1, -0.05) is 30.3 Å². The molecule has 0 unspecified atom stereocenters. The van der Waals surface area contributed by atoms with Crippen LogP contribution in [0.2, 0.25) is 0 Å². The first-order valence-electron chi connectivity index (χ1n) is 5.70. The molecule has 3 N–H and O–H groups in total. The third-order valence-electron chi connectivity index (χ3n) is 3.09. The van der Waals surface area contributed by atoms with Crippen molar-refractivity contribution >= 4 is 27.7 Å². The van der Waals surface area contributed by atoms with E-state index in [4.69, 9.17) is 5.84 Å². The number of carbonyl (C=O) groups is 1. The molecule has 0 fully saturated rings. The summed E-state index contributed by atoms with van der Waals surface area (Å²) in [6, 6.07) is 13.6. The van der Waals surface area contributed by atoms with Gasteiger partial charge in [0.25, 0.3) is 5.91 Å². The van der Waals surface area contributed by atoms with E-state index in [0.717, 1.165) is 26.8 Å². The molecule has 3 aromatic rings. The van der Waals surface area contributed by atoms with Crippen LogP contribution >= 0.6 is 0 Å². The fourth-order valence-electron chi connectivity index (χ4n) is 2.24. The van der Waals surface area contributed by atoms with E-state index in [2.05, 4.69) is 4.98 Å². The fraction of sp³-hybridized carbons (Fsp3) is 0.0714. The molecular formula is C14H13N3O. The van der Waals surface area contributed by atoms with E-state index in [1.807, 2.05) is 36.4 Å². The molecule has 0 aliphatic rings. The molecule has 0 saturated heterocycles. The number of hydrogen-bond donors (Lipinski definition) is 2. The highest BCUT2D eigenvalue weighted by atomic mass is 16.2. The van der Waals surface area contributed by atoms with E-state index < -0.39 is 0 Å². The molecule has 0 spiro atoms. The normalized spacial score (nSPS) is 11.0. The molecule has 0 radical (unpaired) electrons. The first-order chi connectivity index (χ1) is 8.68. The van der Waals surface area contributed by atoms with Crippen molar-refractivity contribution in [3.05, 3.63) is 48.0 Å². The summed E-state index contributed by atoms with van der Waals surface area (Å²) in [7, 11) is 1.55. The molecule has 1 heterocycles. The second-order valence-electron chi connectivity index (χ2n) is 4.31. The first kappa shape index (κ1) is 10.8. The molecule has 4 heteroatoms. The number of nitrogens with zero attached hydrogens (tertiary/aromatic N) is 1. The standard InChI is InChI=1S/C14H13N3O/c1-17(15)14(18)11-7-4-6-10-9-5-2-3-8-12(9)16-13(10)11/h2-8,16H,15H2,1H3. The number of nitrogens with two attached hydrogens (primary N) is 1. The monoisotopic (exact) mass is 239 g/mol. The van der Waals surface area contributed by atoms with Gasteiger partial charge in [-0.2, -0.15) is 0 Å². The van der Waals surface area contributed by atoms with Gasteiger partial charge in [0.05, 0.1) is 11.1 Å². The number of hydrogen-bond acceptors (Lipinski definition) is 2. The summed E-state index contributed by atoms with van der Waals surface area (Å²) in [6.07, 6.45) is 0. The van der Waals surface area contributed by atoms with Crippen LogP contribution in [-0.2, 0) is 0 Å². The van der Waals surface area contributed by atoms with E-state index in [0.29, 0.717) is 5.56 Å². The van der Waals surface area contributed by atoms with Crippen LogP contribution < -0.4 is 5.84 Å². The Morgan fingerprint density at radius 3 is 2.61 bits per heavy atom. The number of aromatic nitrogens is 1. The molecule has 0 bridgehead atoms. The zero-order valence-corrected chi connectivity index (χ0v) is 9.97. The van der Waals surface area contributed by atoms with Gasteiger partial charge < -0.3 is 4.98 Å². The molecule has 90 valence electrons. The molecule has 1 amide bonds. The molecule has 0 aliphatic carbocycles. The lowest BCUT2D eigenvalue weighted by atomic mass is 10.1. The molecule has 2 aromatic carbocycles. The van der Waals surface area contributed by atoms with Crippen LogP contribution in [0.25, 0.3) is 21.8 Å². The Morgan fingerprint density at radius 2 is 1.83 bits per heavy atom. The number of para-hydroxylation sites is 2. The van der Waals surface area contributed by atoms with Crippen LogP contribution in [0.3, 0.4) is 0 Å². The number of aromatic amines is 1. The highest BCUT2D eigenvalue weighted by Gasteiger charge is 2.14. The third kappa shape index (κ3) is 1.47. The van der Waals surface area contributed by atoms with E-state index in [1.54, 1.807) is 13.1 Å². The Labute approximate surface area is 104 Å². The maximum absolute atomic E-state index is 12.0. The molecular weight excluding hydrogens is 226 g/mol. The van der Waals surface area contributed by atoms with Gasteiger partial charge in [-0.3, -0.25) is 9.80 Å². The Kier molecular flexibility index (Phi) is 2.31. The smallest absolute Gasteiger partial charge is 0.269 e. The van der Waals surface area contributed by atoms with Crippen LogP contribution in [0.15, 0.2) is 42.5 Å². The molecule has 1 aromatic heterocycles. The summed E-state index contributed by atoms with van der Waals surface area (Å²) in [5.41, 5.74) is 2.45. The number of nitrogens with one attached hydrogen (secondary N) is 1. The van der Waals surface area contributed by atoms with E-state index in [-0.39, 0.29) is 5.91 Å². The highest BCUT2D eigenvalue weighted by Crippen LogP contribution is 2.27. The predicted molar refractivity (Wildman–Crippen MR) is 72.1 cm³/mol. The summed E-state index contributed by atoms with van der Waals surface area (Å²) in [4.78, 5) is 15.3. The molecule has 0 saturated carbocycles. The number of H-pyrrole nitrogens is 1. The summed E-state index contributed by atoms with van der Waals surface area (Å²) >= 11 is 0. The topological polar surface area (TPSA) is 62.1 Å². The third-order valence-corrected chi connectivity index (χ3v) is 3.09. The minimum Gasteiger partial charge on any atom is -0.354 e. The predicted octanol–water partition coefficient (Wildman–Crippen LogP) is 2.27. The van der Waals surface area contributed by atoms with Gasteiger partial charge in [0.1, 0.15) is 0 Å². The van der Waals surface area contributed by atoms with Gasteiger partial charge in [0, 0.05) is 23.3 Å². The zero-order valence-electron chi connectivity index (χ0n) is 9.97. The van der Waals surface area contributed by atoms with Crippen molar-refractivity contribution < 1.29 is 4.79 Å². The minimum atomic E-state index is -0.202. The van der Waals surface area contributed by atoms with Crippen molar-refractivity contribution in [2.24, 2.45) is 5.84 Å². The Balaban J connectivity index is 2.38. The van der Waals surface area contributed by atoms with Gasteiger partial charge >= 0.3 is 0 Å². The van der Waals surface area contributed by atoms with Crippen molar-refractivity contribution in [3.8, 4) is 0 Å². The SMILES string of the molecule is CN(N)C(=O)c1cccc2c1[nH]c1ccccc12. The molecule has 0 aliphatic heterocycles. The van der Waals surface area contributed by atoms with Crippen LogP contribution in [0.5, 0.6) is 0 Å². The van der Waals surface area contributed by atoms with Crippen molar-refractivity contribution in [1.29, 1.82) is 0 Å². The van der Waals surface area contributed by atoms with Crippen LogP contribution in [0, 0.1) is 0 Å². The van der Waals surface area contributed by atoms with Crippen LogP contribution in [0.4, 0.5) is 0 Å². The fourth-order valence-corrected chi connectivity index (χ4v) is 2.24. The van der Waals surface area contributed by atoms with Gasteiger partial charge in [-0.15, -0.1) is 0 Å². The first-order valence-corrected chi connectivity index (χ1v) is 5.70. The van der Waals surface area contributed by atoms with Gasteiger partial charge in [-0.25, -0.2) is 5.84 Å². The molecule has 18 heavy (non-hydrogen) atoms. The van der Waals surface area contributed by atoms with Crippen LogP contribution in [-0.4, -0.2) is 22.9 Å². The molecule has 3 rings (SSSR count). The second kappa shape index (κ2) is 3.85.